The van der Waals surface area contributed by atoms with Crippen molar-refractivity contribution >= 4 is 11.6 Å². The molecule has 0 radical (unpaired) electrons. The second-order valence-corrected chi connectivity index (χ2v) is 8.00. The zero-order valence-corrected chi connectivity index (χ0v) is 17.0. The van der Waals surface area contributed by atoms with Crippen molar-refractivity contribution in [1.82, 2.24) is 4.57 Å². The van der Waals surface area contributed by atoms with Crippen molar-refractivity contribution in [3.8, 4) is 0 Å². The molecule has 0 fully saturated rings. The van der Waals surface area contributed by atoms with Gasteiger partial charge in [0.1, 0.15) is 5.69 Å². The van der Waals surface area contributed by atoms with Gasteiger partial charge < -0.3 is 9.88 Å². The number of hydrogen-bond acceptors (Lipinski definition) is 1. The molecule has 3 nitrogen and oxygen atoms in total. The van der Waals surface area contributed by atoms with Crippen LogP contribution in [0.3, 0.4) is 0 Å². The predicted octanol–water partition coefficient (Wildman–Crippen LogP) is 5.59. The van der Waals surface area contributed by atoms with Crippen LogP contribution in [0.15, 0.2) is 48.5 Å². The van der Waals surface area contributed by atoms with Gasteiger partial charge in [0.05, 0.1) is 0 Å². The summed E-state index contributed by atoms with van der Waals surface area (Å²) in [5, 5.41) is 3.11. The summed E-state index contributed by atoms with van der Waals surface area (Å²) in [6.45, 7) is 7.02. The fourth-order valence-corrected chi connectivity index (χ4v) is 4.36. The van der Waals surface area contributed by atoms with E-state index in [-0.39, 0.29) is 5.91 Å². The average molecular weight is 373 g/mol. The maximum atomic E-state index is 13.3. The molecular weight excluding hydrogens is 344 g/mol. The highest BCUT2D eigenvalue weighted by molar-refractivity contribution is 6.04. The quantitative estimate of drug-likeness (QED) is 0.636. The van der Waals surface area contributed by atoms with Crippen molar-refractivity contribution in [3.63, 3.8) is 0 Å². The molecule has 1 aliphatic rings. The van der Waals surface area contributed by atoms with Crippen LogP contribution in [-0.2, 0) is 19.4 Å². The van der Waals surface area contributed by atoms with Crippen molar-refractivity contribution < 1.29 is 4.79 Å². The Balaban J connectivity index is 1.73. The lowest BCUT2D eigenvalue weighted by Crippen LogP contribution is -2.20. The number of rotatable bonds is 4. The summed E-state index contributed by atoms with van der Waals surface area (Å²) in [7, 11) is 0. The minimum absolute atomic E-state index is 0.0107. The van der Waals surface area contributed by atoms with E-state index in [2.05, 4.69) is 54.9 Å². The molecule has 1 aliphatic carbocycles. The van der Waals surface area contributed by atoms with E-state index in [1.54, 1.807) is 0 Å². The maximum Gasteiger partial charge on any atom is 0.272 e. The summed E-state index contributed by atoms with van der Waals surface area (Å²) in [5.74, 6) is -0.0107. The van der Waals surface area contributed by atoms with Crippen molar-refractivity contribution in [2.75, 3.05) is 5.32 Å². The molecular formula is C25H28N2O. The van der Waals surface area contributed by atoms with Crippen molar-refractivity contribution in [2.24, 2.45) is 0 Å². The van der Waals surface area contributed by atoms with Crippen LogP contribution in [0.2, 0.25) is 0 Å². The molecule has 0 saturated carbocycles. The van der Waals surface area contributed by atoms with Gasteiger partial charge in [0.2, 0.25) is 0 Å². The molecule has 0 atom stereocenters. The summed E-state index contributed by atoms with van der Waals surface area (Å²) in [6, 6.07) is 16.6. The molecule has 0 bridgehead atoms. The van der Waals surface area contributed by atoms with Crippen molar-refractivity contribution in [1.29, 1.82) is 0 Å². The molecule has 1 aromatic heterocycles. The van der Waals surface area contributed by atoms with Crippen LogP contribution in [0, 0.1) is 20.8 Å². The Morgan fingerprint density at radius 1 is 0.964 bits per heavy atom. The standard InChI is InChI=1S/C25H28N2O/c1-17-11-13-21(14-12-17)26-25(28)24-19(3)22-9-4-5-10-23(22)27(24)16-20-8-6-7-18(2)15-20/h6-8,11-15H,4-5,9-10,16H2,1-3H3,(H,26,28). The van der Waals surface area contributed by atoms with Crippen LogP contribution in [0.25, 0.3) is 0 Å². The van der Waals surface area contributed by atoms with Crippen LogP contribution in [0.5, 0.6) is 0 Å². The summed E-state index contributed by atoms with van der Waals surface area (Å²) < 4.78 is 2.27. The Morgan fingerprint density at radius 3 is 2.46 bits per heavy atom. The molecule has 0 spiro atoms. The molecule has 0 aliphatic heterocycles. The Labute approximate surface area is 167 Å². The molecule has 2 aromatic carbocycles. The lowest BCUT2D eigenvalue weighted by molar-refractivity contribution is 0.101. The van der Waals surface area contributed by atoms with Crippen LogP contribution in [0.1, 0.15) is 56.8 Å². The average Bonchev–Trinajstić information content (AvgIpc) is 2.96. The van der Waals surface area contributed by atoms with E-state index >= 15 is 0 Å². The Kier molecular flexibility index (Phi) is 5.08. The summed E-state index contributed by atoms with van der Waals surface area (Å²) in [5.41, 5.74) is 9.21. The third-order valence-corrected chi connectivity index (χ3v) is 5.79. The summed E-state index contributed by atoms with van der Waals surface area (Å²) in [6.07, 6.45) is 4.54. The van der Waals surface area contributed by atoms with E-state index in [9.17, 15) is 4.79 Å². The number of aromatic nitrogens is 1. The topological polar surface area (TPSA) is 34.0 Å². The minimum Gasteiger partial charge on any atom is -0.336 e. The fraction of sp³-hybridized carbons (Fsp3) is 0.320. The van der Waals surface area contributed by atoms with Crippen molar-refractivity contribution in [3.05, 3.63) is 87.7 Å². The van der Waals surface area contributed by atoms with Gasteiger partial charge in [-0.25, -0.2) is 0 Å². The lowest BCUT2D eigenvalue weighted by atomic mass is 9.95. The SMILES string of the molecule is Cc1ccc(NC(=O)c2c(C)c3c(n2Cc2cccc(C)c2)CCCC3)cc1. The molecule has 3 aromatic rings. The number of benzene rings is 2. The van der Waals surface area contributed by atoms with Crippen LogP contribution < -0.4 is 5.32 Å². The zero-order valence-electron chi connectivity index (χ0n) is 17.0. The molecule has 28 heavy (non-hydrogen) atoms. The van der Waals surface area contributed by atoms with E-state index in [0.29, 0.717) is 0 Å². The predicted molar refractivity (Wildman–Crippen MR) is 115 cm³/mol. The Morgan fingerprint density at radius 2 is 1.71 bits per heavy atom. The zero-order chi connectivity index (χ0) is 19.7. The first kappa shape index (κ1) is 18.5. The Hall–Kier alpha value is -2.81. The number of fused-ring (bicyclic) bond motifs is 1. The van der Waals surface area contributed by atoms with E-state index in [4.69, 9.17) is 0 Å². The smallest absolute Gasteiger partial charge is 0.272 e. The molecule has 0 unspecified atom stereocenters. The number of anilines is 1. The summed E-state index contributed by atoms with van der Waals surface area (Å²) >= 11 is 0. The Bertz CT molecular complexity index is 1010. The highest BCUT2D eigenvalue weighted by Crippen LogP contribution is 2.31. The molecule has 1 N–H and O–H groups in total. The largest absolute Gasteiger partial charge is 0.336 e. The first-order valence-electron chi connectivity index (χ1n) is 10.2. The highest BCUT2D eigenvalue weighted by Gasteiger charge is 2.26. The lowest BCUT2D eigenvalue weighted by Gasteiger charge is -2.17. The maximum absolute atomic E-state index is 13.3. The number of nitrogens with one attached hydrogen (secondary N) is 1. The van der Waals surface area contributed by atoms with Gasteiger partial charge >= 0.3 is 0 Å². The van der Waals surface area contributed by atoms with Gasteiger partial charge in [-0.1, -0.05) is 47.5 Å². The number of amides is 1. The molecule has 1 amide bonds. The molecule has 4 rings (SSSR count). The van der Waals surface area contributed by atoms with Gasteiger partial charge in [0, 0.05) is 17.9 Å². The second-order valence-electron chi connectivity index (χ2n) is 8.00. The fourth-order valence-electron chi connectivity index (χ4n) is 4.36. The van der Waals surface area contributed by atoms with E-state index < -0.39 is 0 Å². The number of aryl methyl sites for hydroxylation is 2. The van der Waals surface area contributed by atoms with Crippen molar-refractivity contribution in [2.45, 2.75) is 53.0 Å². The van der Waals surface area contributed by atoms with Gasteiger partial charge in [0.15, 0.2) is 0 Å². The van der Waals surface area contributed by atoms with Crippen LogP contribution >= 0.6 is 0 Å². The second kappa shape index (κ2) is 7.67. The van der Waals surface area contributed by atoms with Gasteiger partial charge in [-0.2, -0.15) is 0 Å². The van der Waals surface area contributed by atoms with E-state index in [1.807, 2.05) is 24.3 Å². The third-order valence-electron chi connectivity index (χ3n) is 5.79. The minimum atomic E-state index is -0.0107. The molecule has 144 valence electrons. The normalized spacial score (nSPS) is 13.2. The van der Waals surface area contributed by atoms with Gasteiger partial charge in [-0.05, 0) is 75.3 Å². The monoisotopic (exact) mass is 372 g/mol. The summed E-state index contributed by atoms with van der Waals surface area (Å²) in [4.78, 5) is 13.3. The van der Waals surface area contributed by atoms with Gasteiger partial charge in [-0.3, -0.25) is 4.79 Å². The first-order valence-corrected chi connectivity index (χ1v) is 10.2. The van der Waals surface area contributed by atoms with E-state index in [0.717, 1.165) is 36.3 Å². The number of carbonyl (C=O) groups is 1. The molecule has 3 heteroatoms. The van der Waals surface area contributed by atoms with Crippen LogP contribution in [-0.4, -0.2) is 10.5 Å². The molecule has 1 heterocycles. The van der Waals surface area contributed by atoms with E-state index in [1.165, 1.54) is 40.8 Å². The van der Waals surface area contributed by atoms with Gasteiger partial charge in [0.25, 0.3) is 5.91 Å². The van der Waals surface area contributed by atoms with Gasteiger partial charge in [-0.15, -0.1) is 0 Å². The molecule has 0 saturated heterocycles. The highest BCUT2D eigenvalue weighted by atomic mass is 16.2. The number of carbonyl (C=O) groups excluding carboxylic acids is 1. The van der Waals surface area contributed by atoms with Crippen LogP contribution in [0.4, 0.5) is 5.69 Å². The number of nitrogens with zero attached hydrogens (tertiary/aromatic N) is 1. The number of hydrogen-bond donors (Lipinski definition) is 1. The third kappa shape index (κ3) is 3.62. The first-order chi connectivity index (χ1) is 13.5.